The molecule has 0 aromatic rings. The molecule has 6 fully saturated rings. The van der Waals surface area contributed by atoms with Crippen molar-refractivity contribution in [2.75, 3.05) is 13.1 Å². The Labute approximate surface area is 132 Å². The van der Waals surface area contributed by atoms with Gasteiger partial charge in [0.1, 0.15) is 0 Å². The van der Waals surface area contributed by atoms with E-state index in [1.165, 1.54) is 32.1 Å². The Morgan fingerprint density at radius 2 is 2.05 bits per heavy atom. The van der Waals surface area contributed by atoms with Crippen molar-refractivity contribution in [1.82, 2.24) is 10.6 Å². The van der Waals surface area contributed by atoms with Crippen LogP contribution in [-0.4, -0.2) is 30.3 Å². The highest BCUT2D eigenvalue weighted by molar-refractivity contribution is 5.74. The molecule has 0 radical (unpaired) electrons. The second-order valence-corrected chi connectivity index (χ2v) is 8.89. The number of aliphatic hydroxyl groups excluding tert-OH is 1. The van der Waals surface area contributed by atoms with Gasteiger partial charge in [0.05, 0.1) is 6.10 Å². The van der Waals surface area contributed by atoms with Crippen LogP contribution in [0.4, 0.5) is 4.79 Å². The maximum atomic E-state index is 12.0. The molecular weight excluding hydrogens is 276 g/mol. The fourth-order valence-corrected chi connectivity index (χ4v) is 7.04. The fraction of sp³-hybridized carbons (Fsp3) is 0.944. The summed E-state index contributed by atoms with van der Waals surface area (Å²) in [4.78, 5) is 12.0. The molecule has 0 heterocycles. The Hall–Kier alpha value is -0.770. The largest absolute Gasteiger partial charge is 0.393 e. The van der Waals surface area contributed by atoms with Gasteiger partial charge in [-0.2, -0.15) is 0 Å². The van der Waals surface area contributed by atoms with Crippen LogP contribution in [0.15, 0.2) is 0 Å². The van der Waals surface area contributed by atoms with Gasteiger partial charge in [0.25, 0.3) is 0 Å². The van der Waals surface area contributed by atoms with Crippen LogP contribution in [0.3, 0.4) is 0 Å². The molecule has 3 N–H and O–H groups in total. The SMILES string of the molecule is O=C(NCCC1CC2CCC1C2)NCC12CC3CC1C2C3O. The lowest BCUT2D eigenvalue weighted by molar-refractivity contribution is 0.134. The highest BCUT2D eigenvalue weighted by Gasteiger charge is 2.78. The Bertz CT molecular complexity index is 495. The highest BCUT2D eigenvalue weighted by atomic mass is 16.3. The zero-order chi connectivity index (χ0) is 14.9. The molecule has 122 valence electrons. The second kappa shape index (κ2) is 4.62. The first kappa shape index (κ1) is 13.6. The summed E-state index contributed by atoms with van der Waals surface area (Å²) in [6, 6.07) is 0.00164. The predicted octanol–water partition coefficient (Wildman–Crippen LogP) is 2.13. The molecule has 6 bridgehead atoms. The van der Waals surface area contributed by atoms with E-state index in [4.69, 9.17) is 0 Å². The number of rotatable bonds is 5. The van der Waals surface area contributed by atoms with E-state index in [1.54, 1.807) is 0 Å². The molecule has 6 saturated carbocycles. The fourth-order valence-electron chi connectivity index (χ4n) is 7.04. The van der Waals surface area contributed by atoms with Crippen molar-refractivity contribution in [3.63, 3.8) is 0 Å². The van der Waals surface area contributed by atoms with Crippen molar-refractivity contribution in [2.45, 2.75) is 51.0 Å². The van der Waals surface area contributed by atoms with Gasteiger partial charge < -0.3 is 15.7 Å². The lowest BCUT2D eigenvalue weighted by Crippen LogP contribution is -2.40. The van der Waals surface area contributed by atoms with Crippen LogP contribution in [-0.2, 0) is 0 Å². The zero-order valence-corrected chi connectivity index (χ0v) is 13.3. The van der Waals surface area contributed by atoms with Gasteiger partial charge in [0.15, 0.2) is 0 Å². The normalized spacial score (nSPS) is 53.0. The third-order valence-electron chi connectivity index (χ3n) is 8.04. The molecule has 0 aromatic heterocycles. The molecule has 4 nitrogen and oxygen atoms in total. The van der Waals surface area contributed by atoms with Crippen LogP contribution < -0.4 is 10.6 Å². The molecule has 4 heteroatoms. The minimum atomic E-state index is -0.0762. The van der Waals surface area contributed by atoms with Crippen molar-refractivity contribution in [3.05, 3.63) is 0 Å². The molecule has 6 aliphatic carbocycles. The van der Waals surface area contributed by atoms with Crippen molar-refractivity contribution in [3.8, 4) is 0 Å². The van der Waals surface area contributed by atoms with E-state index in [0.29, 0.717) is 17.8 Å². The van der Waals surface area contributed by atoms with Gasteiger partial charge in [-0.3, -0.25) is 0 Å². The van der Waals surface area contributed by atoms with Crippen LogP contribution in [0.5, 0.6) is 0 Å². The lowest BCUT2D eigenvalue weighted by Gasteiger charge is -2.21. The van der Waals surface area contributed by atoms with Gasteiger partial charge in [-0.15, -0.1) is 0 Å². The second-order valence-electron chi connectivity index (χ2n) is 8.89. The molecular formula is C18H28N2O2. The van der Waals surface area contributed by atoms with Crippen molar-refractivity contribution in [1.29, 1.82) is 0 Å². The van der Waals surface area contributed by atoms with E-state index in [2.05, 4.69) is 10.6 Å². The Balaban J connectivity index is 1.04. The number of carbonyl (C=O) groups is 1. The van der Waals surface area contributed by atoms with Gasteiger partial charge in [-0.05, 0) is 79.4 Å². The molecule has 0 aromatic carbocycles. The van der Waals surface area contributed by atoms with Gasteiger partial charge in [0.2, 0.25) is 0 Å². The van der Waals surface area contributed by atoms with Crippen molar-refractivity contribution in [2.24, 2.45) is 40.9 Å². The molecule has 2 amide bonds. The van der Waals surface area contributed by atoms with E-state index < -0.39 is 0 Å². The molecule has 8 atom stereocenters. The van der Waals surface area contributed by atoms with Gasteiger partial charge in [-0.25, -0.2) is 4.79 Å². The van der Waals surface area contributed by atoms with Gasteiger partial charge >= 0.3 is 6.03 Å². The summed E-state index contributed by atoms with van der Waals surface area (Å²) in [5.74, 6) is 4.52. The minimum absolute atomic E-state index is 0.00164. The van der Waals surface area contributed by atoms with Gasteiger partial charge in [0, 0.05) is 13.1 Å². The quantitative estimate of drug-likeness (QED) is 0.728. The summed E-state index contributed by atoms with van der Waals surface area (Å²) in [5, 5.41) is 16.2. The molecule has 0 aliphatic heterocycles. The summed E-state index contributed by atoms with van der Waals surface area (Å²) in [6.07, 6.45) is 9.14. The van der Waals surface area contributed by atoms with E-state index in [-0.39, 0.29) is 17.6 Å². The molecule has 6 rings (SSSR count). The molecule has 0 saturated heterocycles. The zero-order valence-electron chi connectivity index (χ0n) is 13.3. The van der Waals surface area contributed by atoms with Crippen LogP contribution >= 0.6 is 0 Å². The van der Waals surface area contributed by atoms with Crippen LogP contribution in [0.2, 0.25) is 0 Å². The lowest BCUT2D eigenvalue weighted by atomic mass is 9.86. The molecule has 8 unspecified atom stereocenters. The summed E-state index contributed by atoms with van der Waals surface area (Å²) < 4.78 is 0. The first-order chi connectivity index (χ1) is 10.7. The average Bonchev–Trinajstić information content (AvgIpc) is 3.10. The molecule has 0 spiro atoms. The Morgan fingerprint density at radius 3 is 2.64 bits per heavy atom. The minimum Gasteiger partial charge on any atom is -0.393 e. The average molecular weight is 304 g/mol. The van der Waals surface area contributed by atoms with E-state index >= 15 is 0 Å². The first-order valence-corrected chi connectivity index (χ1v) is 9.37. The Kier molecular flexibility index (Phi) is 2.87. The smallest absolute Gasteiger partial charge is 0.314 e. The summed E-state index contributed by atoms with van der Waals surface area (Å²) in [5.41, 5.74) is 0.270. The van der Waals surface area contributed by atoms with E-state index in [9.17, 15) is 9.90 Å². The van der Waals surface area contributed by atoms with E-state index in [0.717, 1.165) is 43.7 Å². The highest BCUT2D eigenvalue weighted by Crippen LogP contribution is 2.78. The summed E-state index contributed by atoms with van der Waals surface area (Å²) in [7, 11) is 0. The standard InChI is InChI=1S/C18H28N2O2/c21-16-13-7-14-15(16)18(14,8-13)9-20-17(22)19-4-3-12-6-10-1-2-11(12)5-10/h10-16,21H,1-9H2,(H2,19,20,22). The number of hydrogen-bond acceptors (Lipinski definition) is 2. The topological polar surface area (TPSA) is 61.4 Å². The summed E-state index contributed by atoms with van der Waals surface area (Å²) in [6.45, 7) is 1.60. The first-order valence-electron chi connectivity index (χ1n) is 9.37. The number of urea groups is 1. The Morgan fingerprint density at radius 1 is 1.14 bits per heavy atom. The molecule has 6 aliphatic rings. The number of aliphatic hydroxyl groups is 1. The van der Waals surface area contributed by atoms with Crippen molar-refractivity contribution >= 4 is 6.03 Å². The third-order valence-corrected chi connectivity index (χ3v) is 8.04. The number of amides is 2. The maximum Gasteiger partial charge on any atom is 0.314 e. The van der Waals surface area contributed by atoms with Crippen LogP contribution in [0.1, 0.15) is 44.9 Å². The monoisotopic (exact) mass is 304 g/mol. The number of carbonyl (C=O) groups excluding carboxylic acids is 1. The maximum absolute atomic E-state index is 12.0. The van der Waals surface area contributed by atoms with Crippen LogP contribution in [0, 0.1) is 40.9 Å². The van der Waals surface area contributed by atoms with Crippen LogP contribution in [0.25, 0.3) is 0 Å². The predicted molar refractivity (Wildman–Crippen MR) is 83.1 cm³/mol. The number of hydrogen-bond donors (Lipinski definition) is 3. The third kappa shape index (κ3) is 1.82. The summed E-state index contributed by atoms with van der Waals surface area (Å²) >= 11 is 0. The van der Waals surface area contributed by atoms with Gasteiger partial charge in [-0.1, -0.05) is 6.42 Å². The number of nitrogens with one attached hydrogen (secondary N) is 2. The molecule has 22 heavy (non-hydrogen) atoms. The van der Waals surface area contributed by atoms with E-state index in [1.807, 2.05) is 0 Å². The number of fused-ring (bicyclic) bond motifs is 2. The van der Waals surface area contributed by atoms with Crippen molar-refractivity contribution < 1.29 is 9.90 Å².